The normalized spacial score (nSPS) is 19.7. The van der Waals surface area contributed by atoms with Gasteiger partial charge in [-0.05, 0) is 60.4 Å². The molecule has 0 bridgehead atoms. The van der Waals surface area contributed by atoms with E-state index in [1.165, 1.54) is 23.3 Å². The van der Waals surface area contributed by atoms with Crippen LogP contribution in [0, 0.1) is 5.92 Å². The van der Waals surface area contributed by atoms with Gasteiger partial charge in [-0.15, -0.1) is 11.3 Å². The Hall–Kier alpha value is -2.18. The fraction of sp³-hybridized carbons (Fsp3) is 0.400. The lowest BCUT2D eigenvalue weighted by Crippen LogP contribution is -2.41. The van der Waals surface area contributed by atoms with Gasteiger partial charge in [0.15, 0.2) is 0 Å². The maximum atomic E-state index is 12.6. The number of amides is 2. The van der Waals surface area contributed by atoms with Crippen LogP contribution in [0.1, 0.15) is 39.7 Å². The van der Waals surface area contributed by atoms with Crippen LogP contribution in [0.4, 0.5) is 5.69 Å². The Labute approximate surface area is 157 Å². The van der Waals surface area contributed by atoms with Gasteiger partial charge in [0, 0.05) is 35.8 Å². The van der Waals surface area contributed by atoms with Gasteiger partial charge in [-0.2, -0.15) is 0 Å². The van der Waals surface area contributed by atoms with Crippen molar-refractivity contribution < 1.29 is 9.59 Å². The van der Waals surface area contributed by atoms with Gasteiger partial charge in [-0.25, -0.2) is 0 Å². The third kappa shape index (κ3) is 3.52. The van der Waals surface area contributed by atoms with Crippen LogP contribution < -0.4 is 10.6 Å². The Bertz CT molecular complexity index is 828. The van der Waals surface area contributed by atoms with Crippen LogP contribution in [0.25, 0.3) is 0 Å². The van der Waals surface area contributed by atoms with Crippen molar-refractivity contribution in [3.63, 3.8) is 0 Å². The van der Waals surface area contributed by atoms with Crippen LogP contribution in [0.2, 0.25) is 0 Å². The summed E-state index contributed by atoms with van der Waals surface area (Å²) < 4.78 is 0. The van der Waals surface area contributed by atoms with Crippen molar-refractivity contribution >= 4 is 28.8 Å². The Morgan fingerprint density at radius 3 is 2.88 bits per heavy atom. The Morgan fingerprint density at radius 1 is 1.27 bits per heavy atom. The molecular formula is C20H23N3O2S. The number of nitrogens with zero attached hydrogens (tertiary/aromatic N) is 1. The maximum absolute atomic E-state index is 12.6. The average Bonchev–Trinajstić information content (AvgIpc) is 3.37. The number of thiophene rings is 1. The van der Waals surface area contributed by atoms with E-state index in [-0.39, 0.29) is 11.8 Å². The minimum absolute atomic E-state index is 0.0246. The van der Waals surface area contributed by atoms with E-state index in [1.54, 1.807) is 25.2 Å². The molecule has 2 heterocycles. The quantitative estimate of drug-likeness (QED) is 0.852. The first-order valence-electron chi connectivity index (χ1n) is 9.08. The number of rotatable bonds is 5. The van der Waals surface area contributed by atoms with Crippen LogP contribution in [-0.2, 0) is 11.2 Å². The SMILES string of the molecule is CNC(=O)c1cccc(NC(=O)CN2CCc3sccc3[C@@H]2C2CC2)c1. The van der Waals surface area contributed by atoms with Gasteiger partial charge in [0.25, 0.3) is 5.91 Å². The molecule has 1 aromatic carbocycles. The molecule has 0 unspecified atom stereocenters. The number of carbonyl (C=O) groups excluding carboxylic acids is 2. The average molecular weight is 369 g/mol. The van der Waals surface area contributed by atoms with E-state index >= 15 is 0 Å². The van der Waals surface area contributed by atoms with Crippen molar-refractivity contribution in [2.24, 2.45) is 5.92 Å². The highest BCUT2D eigenvalue weighted by atomic mass is 32.1. The summed E-state index contributed by atoms with van der Waals surface area (Å²) >= 11 is 1.84. The fourth-order valence-electron chi connectivity index (χ4n) is 3.81. The molecule has 2 aromatic rings. The molecule has 136 valence electrons. The summed E-state index contributed by atoms with van der Waals surface area (Å²) in [4.78, 5) is 28.2. The lowest BCUT2D eigenvalue weighted by molar-refractivity contribution is -0.118. The fourth-order valence-corrected chi connectivity index (χ4v) is 4.72. The first-order chi connectivity index (χ1) is 12.7. The third-order valence-corrected chi connectivity index (χ3v) is 6.17. The lowest BCUT2D eigenvalue weighted by atomic mass is 9.96. The number of anilines is 1. The molecule has 0 radical (unpaired) electrons. The Morgan fingerprint density at radius 2 is 2.12 bits per heavy atom. The van der Waals surface area contributed by atoms with Gasteiger partial charge >= 0.3 is 0 Å². The molecule has 26 heavy (non-hydrogen) atoms. The molecule has 1 aliphatic carbocycles. The van der Waals surface area contributed by atoms with Crippen molar-refractivity contribution in [3.05, 3.63) is 51.7 Å². The number of nitrogens with one attached hydrogen (secondary N) is 2. The van der Waals surface area contributed by atoms with Gasteiger partial charge in [0.1, 0.15) is 0 Å². The minimum atomic E-state index is -0.157. The van der Waals surface area contributed by atoms with E-state index in [4.69, 9.17) is 0 Å². The maximum Gasteiger partial charge on any atom is 0.251 e. The molecule has 1 aromatic heterocycles. The van der Waals surface area contributed by atoms with Crippen molar-refractivity contribution in [2.75, 3.05) is 25.5 Å². The summed E-state index contributed by atoms with van der Waals surface area (Å²) in [5.74, 6) is 0.507. The molecule has 1 atom stereocenters. The zero-order valence-corrected chi connectivity index (χ0v) is 15.6. The van der Waals surface area contributed by atoms with Gasteiger partial charge in [0.2, 0.25) is 5.91 Å². The number of hydrogen-bond donors (Lipinski definition) is 2. The minimum Gasteiger partial charge on any atom is -0.355 e. The summed E-state index contributed by atoms with van der Waals surface area (Å²) in [6.45, 7) is 1.32. The standard InChI is InChI=1S/C20H23N3O2S/c1-21-20(25)14-3-2-4-15(11-14)22-18(24)12-23-9-7-17-16(8-10-26-17)19(23)13-5-6-13/h2-4,8,10-11,13,19H,5-7,9,12H2,1H3,(H,21,25)(H,22,24)/t19-/m0/s1. The smallest absolute Gasteiger partial charge is 0.251 e. The summed E-state index contributed by atoms with van der Waals surface area (Å²) in [6, 6.07) is 9.66. The number of fused-ring (bicyclic) bond motifs is 1. The molecule has 0 spiro atoms. The second-order valence-electron chi connectivity index (χ2n) is 7.01. The Balaban J connectivity index is 1.44. The highest BCUT2D eigenvalue weighted by molar-refractivity contribution is 7.10. The van der Waals surface area contributed by atoms with Gasteiger partial charge < -0.3 is 10.6 Å². The number of benzene rings is 1. The van der Waals surface area contributed by atoms with Crippen molar-refractivity contribution in [2.45, 2.75) is 25.3 Å². The second kappa shape index (κ2) is 7.21. The summed E-state index contributed by atoms with van der Waals surface area (Å²) in [6.07, 6.45) is 3.54. The highest BCUT2D eigenvalue weighted by Crippen LogP contribution is 2.48. The van der Waals surface area contributed by atoms with Crippen LogP contribution in [0.3, 0.4) is 0 Å². The summed E-state index contributed by atoms with van der Waals surface area (Å²) in [7, 11) is 1.60. The van der Waals surface area contributed by atoms with E-state index in [1.807, 2.05) is 17.4 Å². The van der Waals surface area contributed by atoms with Gasteiger partial charge in [0.05, 0.1) is 6.54 Å². The highest BCUT2D eigenvalue weighted by Gasteiger charge is 2.40. The molecule has 2 amide bonds. The molecule has 5 nitrogen and oxygen atoms in total. The van der Waals surface area contributed by atoms with E-state index < -0.39 is 0 Å². The van der Waals surface area contributed by atoms with Crippen LogP contribution in [0.5, 0.6) is 0 Å². The van der Waals surface area contributed by atoms with E-state index in [0.717, 1.165) is 13.0 Å². The number of carbonyl (C=O) groups is 2. The third-order valence-electron chi connectivity index (χ3n) is 5.17. The summed E-state index contributed by atoms with van der Waals surface area (Å²) in [5.41, 5.74) is 2.63. The largest absolute Gasteiger partial charge is 0.355 e. The predicted octanol–water partition coefficient (Wildman–Crippen LogP) is 3.06. The van der Waals surface area contributed by atoms with E-state index in [2.05, 4.69) is 27.0 Å². The molecule has 1 fully saturated rings. The summed E-state index contributed by atoms with van der Waals surface area (Å²) in [5, 5.41) is 7.72. The molecule has 6 heteroatoms. The van der Waals surface area contributed by atoms with Gasteiger partial charge in [-0.1, -0.05) is 6.07 Å². The Kier molecular flexibility index (Phi) is 4.78. The van der Waals surface area contributed by atoms with Crippen molar-refractivity contribution in [3.8, 4) is 0 Å². The molecule has 2 aliphatic rings. The topological polar surface area (TPSA) is 61.4 Å². The molecule has 1 aliphatic heterocycles. The second-order valence-corrected chi connectivity index (χ2v) is 8.01. The molecule has 1 saturated carbocycles. The van der Waals surface area contributed by atoms with Crippen LogP contribution in [-0.4, -0.2) is 36.9 Å². The molecule has 0 saturated heterocycles. The predicted molar refractivity (Wildman–Crippen MR) is 104 cm³/mol. The first kappa shape index (κ1) is 17.2. The van der Waals surface area contributed by atoms with Gasteiger partial charge in [-0.3, -0.25) is 14.5 Å². The van der Waals surface area contributed by atoms with E-state index in [9.17, 15) is 9.59 Å². The first-order valence-corrected chi connectivity index (χ1v) is 9.96. The lowest BCUT2D eigenvalue weighted by Gasteiger charge is -2.35. The van der Waals surface area contributed by atoms with Crippen molar-refractivity contribution in [1.29, 1.82) is 0 Å². The van der Waals surface area contributed by atoms with Crippen LogP contribution >= 0.6 is 11.3 Å². The monoisotopic (exact) mass is 369 g/mol. The zero-order valence-electron chi connectivity index (χ0n) is 14.8. The van der Waals surface area contributed by atoms with Crippen LogP contribution in [0.15, 0.2) is 35.7 Å². The number of hydrogen-bond acceptors (Lipinski definition) is 4. The van der Waals surface area contributed by atoms with E-state index in [0.29, 0.717) is 29.8 Å². The van der Waals surface area contributed by atoms with Crippen molar-refractivity contribution in [1.82, 2.24) is 10.2 Å². The molecule has 4 rings (SSSR count). The zero-order chi connectivity index (χ0) is 18.1. The molecule has 2 N–H and O–H groups in total. The molecular weight excluding hydrogens is 346 g/mol.